The molecule has 0 aliphatic heterocycles. The van der Waals surface area contributed by atoms with Gasteiger partial charge in [0, 0.05) is 12.0 Å². The average molecular weight is 238 g/mol. The Kier molecular flexibility index (Phi) is 2.68. The van der Waals surface area contributed by atoms with E-state index in [-0.39, 0.29) is 11.3 Å². The minimum Gasteiger partial charge on any atom is -0.294 e. The molecule has 0 saturated carbocycles. The number of rotatable bonds is 1. The van der Waals surface area contributed by atoms with E-state index in [0.717, 1.165) is 0 Å². The van der Waals surface area contributed by atoms with Gasteiger partial charge in [0.15, 0.2) is 5.78 Å². The smallest absolute Gasteiger partial charge is 0.294 e. The molecule has 0 unspecified atom stereocenters. The third-order valence-electron chi connectivity index (χ3n) is 2.78. The number of alkyl halides is 3. The van der Waals surface area contributed by atoms with E-state index in [9.17, 15) is 18.0 Å². The molecule has 0 N–H and O–H groups in total. The number of carbonyl (C=O) groups is 1. The third kappa shape index (κ3) is 2.04. The number of Topliss-reactive ketones (excluding diaryl/α,β-unsaturated/α-hetero) is 1. The molecule has 1 aliphatic carbocycles. The zero-order chi connectivity index (χ0) is 12.6. The van der Waals surface area contributed by atoms with E-state index in [2.05, 4.69) is 6.58 Å². The Bertz CT molecular complexity index is 534. The Hall–Kier alpha value is -1.80. The summed E-state index contributed by atoms with van der Waals surface area (Å²) >= 11 is 0. The fourth-order valence-corrected chi connectivity index (χ4v) is 1.98. The topological polar surface area (TPSA) is 17.1 Å². The second-order valence-corrected chi connectivity index (χ2v) is 3.84. The SMILES string of the molecule is C=C=C(c1ccc2c(c1)CCC2=O)C(F)(F)F. The van der Waals surface area contributed by atoms with Crippen LogP contribution in [0.15, 0.2) is 30.5 Å². The first kappa shape index (κ1) is 11.7. The highest BCUT2D eigenvalue weighted by atomic mass is 19.4. The fraction of sp³-hybridized carbons (Fsp3) is 0.231. The monoisotopic (exact) mass is 238 g/mol. The largest absolute Gasteiger partial charge is 0.424 e. The van der Waals surface area contributed by atoms with Crippen molar-refractivity contribution in [2.45, 2.75) is 19.0 Å². The van der Waals surface area contributed by atoms with Crippen molar-refractivity contribution in [2.24, 2.45) is 0 Å². The maximum atomic E-state index is 12.6. The van der Waals surface area contributed by atoms with Crippen molar-refractivity contribution in [2.75, 3.05) is 0 Å². The molecular weight excluding hydrogens is 229 g/mol. The zero-order valence-electron chi connectivity index (χ0n) is 8.90. The predicted molar refractivity (Wildman–Crippen MR) is 57.7 cm³/mol. The highest BCUT2D eigenvalue weighted by molar-refractivity contribution is 6.00. The van der Waals surface area contributed by atoms with Gasteiger partial charge < -0.3 is 0 Å². The highest BCUT2D eigenvalue weighted by Gasteiger charge is 2.35. The summed E-state index contributed by atoms with van der Waals surface area (Å²) in [7, 11) is 0. The van der Waals surface area contributed by atoms with Gasteiger partial charge in [0.05, 0.1) is 0 Å². The van der Waals surface area contributed by atoms with Gasteiger partial charge in [0.2, 0.25) is 0 Å². The summed E-state index contributed by atoms with van der Waals surface area (Å²) in [4.78, 5) is 11.4. The second-order valence-electron chi connectivity index (χ2n) is 3.84. The van der Waals surface area contributed by atoms with Gasteiger partial charge in [0.1, 0.15) is 5.57 Å². The lowest BCUT2D eigenvalue weighted by Gasteiger charge is -2.10. The zero-order valence-corrected chi connectivity index (χ0v) is 8.90. The molecule has 88 valence electrons. The molecule has 4 heteroatoms. The molecule has 0 saturated heterocycles. The van der Waals surface area contributed by atoms with Gasteiger partial charge in [-0.1, -0.05) is 18.7 Å². The number of aryl methyl sites for hydroxylation is 1. The van der Waals surface area contributed by atoms with Crippen molar-refractivity contribution in [1.82, 2.24) is 0 Å². The van der Waals surface area contributed by atoms with Gasteiger partial charge in [0.25, 0.3) is 0 Å². The van der Waals surface area contributed by atoms with Gasteiger partial charge in [-0.25, -0.2) is 0 Å². The van der Waals surface area contributed by atoms with Crippen LogP contribution in [-0.2, 0) is 6.42 Å². The van der Waals surface area contributed by atoms with Crippen LogP contribution < -0.4 is 0 Å². The number of hydrogen-bond donors (Lipinski definition) is 0. The third-order valence-corrected chi connectivity index (χ3v) is 2.78. The molecule has 0 atom stereocenters. The van der Waals surface area contributed by atoms with Crippen molar-refractivity contribution in [3.63, 3.8) is 0 Å². The summed E-state index contributed by atoms with van der Waals surface area (Å²) in [5, 5.41) is 0. The summed E-state index contributed by atoms with van der Waals surface area (Å²) in [5.74, 6) is -0.0114. The van der Waals surface area contributed by atoms with Crippen LogP contribution in [0.2, 0.25) is 0 Å². The number of halogens is 3. The number of ketones is 1. The lowest BCUT2D eigenvalue weighted by atomic mass is 10.0. The van der Waals surface area contributed by atoms with Crippen LogP contribution in [0.1, 0.15) is 27.9 Å². The standard InChI is InChI=1S/C13H9F3O/c1-2-11(13(14,15)16)9-3-5-10-8(7-9)4-6-12(10)17/h3,5,7H,1,4,6H2. The molecule has 0 aromatic heterocycles. The Morgan fingerprint density at radius 1 is 1.29 bits per heavy atom. The molecule has 1 aromatic carbocycles. The molecule has 0 amide bonds. The first-order valence-electron chi connectivity index (χ1n) is 5.07. The minimum absolute atomic E-state index is 0.0114. The van der Waals surface area contributed by atoms with E-state index in [4.69, 9.17) is 0 Å². The summed E-state index contributed by atoms with van der Waals surface area (Å²) in [5.41, 5.74) is 2.24. The van der Waals surface area contributed by atoms with Crippen LogP contribution in [0.25, 0.3) is 5.57 Å². The van der Waals surface area contributed by atoms with Gasteiger partial charge in [-0.15, -0.1) is 5.73 Å². The van der Waals surface area contributed by atoms with Crippen molar-refractivity contribution >= 4 is 11.4 Å². The van der Waals surface area contributed by atoms with E-state index in [0.29, 0.717) is 24.0 Å². The molecule has 0 heterocycles. The summed E-state index contributed by atoms with van der Waals surface area (Å²) in [6, 6.07) is 4.15. The molecule has 2 rings (SSSR count). The van der Waals surface area contributed by atoms with Gasteiger partial charge in [-0.2, -0.15) is 13.2 Å². The Morgan fingerprint density at radius 3 is 2.59 bits per heavy atom. The van der Waals surface area contributed by atoms with Crippen LogP contribution >= 0.6 is 0 Å². The van der Waals surface area contributed by atoms with Crippen LogP contribution in [0.3, 0.4) is 0 Å². The van der Waals surface area contributed by atoms with Crippen LogP contribution in [0, 0.1) is 0 Å². The van der Waals surface area contributed by atoms with Crippen LogP contribution in [-0.4, -0.2) is 12.0 Å². The molecular formula is C13H9F3O. The Balaban J connectivity index is 2.49. The van der Waals surface area contributed by atoms with E-state index in [1.54, 1.807) is 0 Å². The van der Waals surface area contributed by atoms with E-state index in [1.807, 2.05) is 5.73 Å². The number of benzene rings is 1. The van der Waals surface area contributed by atoms with Gasteiger partial charge in [-0.3, -0.25) is 4.79 Å². The maximum absolute atomic E-state index is 12.6. The van der Waals surface area contributed by atoms with Gasteiger partial charge >= 0.3 is 6.18 Å². The molecule has 0 fully saturated rings. The Morgan fingerprint density at radius 2 is 2.00 bits per heavy atom. The first-order chi connectivity index (χ1) is 7.93. The van der Waals surface area contributed by atoms with Crippen molar-refractivity contribution in [1.29, 1.82) is 0 Å². The molecule has 1 nitrogen and oxygen atoms in total. The minimum atomic E-state index is -4.47. The summed E-state index contributed by atoms with van der Waals surface area (Å²) in [6.45, 7) is 3.06. The predicted octanol–water partition coefficient (Wildman–Crippen LogP) is 3.55. The quantitative estimate of drug-likeness (QED) is 0.684. The van der Waals surface area contributed by atoms with Crippen molar-refractivity contribution in [3.05, 3.63) is 47.2 Å². The maximum Gasteiger partial charge on any atom is 0.424 e. The van der Waals surface area contributed by atoms with Crippen molar-refractivity contribution < 1.29 is 18.0 Å². The van der Waals surface area contributed by atoms with Gasteiger partial charge in [-0.05, 0) is 23.6 Å². The molecule has 0 bridgehead atoms. The number of carbonyl (C=O) groups excluding carboxylic acids is 1. The van der Waals surface area contributed by atoms with Crippen LogP contribution in [0.4, 0.5) is 13.2 Å². The van der Waals surface area contributed by atoms with Crippen LogP contribution in [0.5, 0.6) is 0 Å². The summed E-state index contributed by atoms with van der Waals surface area (Å²) in [6.07, 6.45) is -3.60. The number of fused-ring (bicyclic) bond motifs is 1. The number of hydrogen-bond acceptors (Lipinski definition) is 1. The average Bonchev–Trinajstić information content (AvgIpc) is 2.59. The molecule has 0 spiro atoms. The fourth-order valence-electron chi connectivity index (χ4n) is 1.98. The molecule has 1 aromatic rings. The number of allylic oxidation sites excluding steroid dienone is 1. The first-order valence-corrected chi connectivity index (χ1v) is 5.07. The van der Waals surface area contributed by atoms with Crippen molar-refractivity contribution in [3.8, 4) is 0 Å². The summed E-state index contributed by atoms with van der Waals surface area (Å²) < 4.78 is 37.9. The molecule has 17 heavy (non-hydrogen) atoms. The van der Waals surface area contributed by atoms with E-state index in [1.165, 1.54) is 18.2 Å². The normalized spacial score (nSPS) is 14.4. The Labute approximate surface area is 96.3 Å². The highest BCUT2D eigenvalue weighted by Crippen LogP contribution is 2.34. The lowest BCUT2D eigenvalue weighted by molar-refractivity contribution is -0.0687. The molecule has 0 radical (unpaired) electrons. The van der Waals surface area contributed by atoms with E-state index < -0.39 is 11.7 Å². The molecule has 1 aliphatic rings. The lowest BCUT2D eigenvalue weighted by Crippen LogP contribution is -2.10. The van der Waals surface area contributed by atoms with E-state index >= 15 is 0 Å². The second kappa shape index (κ2) is 3.90.